The molecule has 2 aliphatic heterocycles. The molecule has 1 unspecified atom stereocenters. The van der Waals surface area contributed by atoms with Crippen LogP contribution in [0.3, 0.4) is 0 Å². The zero-order valence-corrected chi connectivity index (χ0v) is 15.0. The summed E-state index contributed by atoms with van der Waals surface area (Å²) in [5.74, 6) is 0.119. The Balaban J connectivity index is 1.54. The third-order valence-electron chi connectivity index (χ3n) is 5.08. The van der Waals surface area contributed by atoms with Crippen LogP contribution in [0.4, 0.5) is 17.3 Å². The van der Waals surface area contributed by atoms with Crippen LogP contribution in [-0.4, -0.2) is 46.3 Å². The van der Waals surface area contributed by atoms with E-state index >= 15 is 0 Å². The van der Waals surface area contributed by atoms with Crippen LogP contribution >= 0.6 is 0 Å². The molecule has 1 atom stereocenters. The maximum atomic E-state index is 13.1. The zero-order valence-electron chi connectivity index (χ0n) is 15.0. The number of likely N-dealkylation sites (tertiary alicyclic amines) is 1. The number of nitrogens with one attached hydrogen (secondary N) is 1. The summed E-state index contributed by atoms with van der Waals surface area (Å²) in [6.45, 7) is 1.03. The molecule has 27 heavy (non-hydrogen) atoms. The number of hydrogen-bond donors (Lipinski definition) is 2. The van der Waals surface area contributed by atoms with Crippen molar-refractivity contribution in [3.05, 3.63) is 42.2 Å². The quantitative estimate of drug-likeness (QED) is 0.854. The number of hydrogen-bond acceptors (Lipinski definition) is 6. The van der Waals surface area contributed by atoms with E-state index in [-0.39, 0.29) is 36.9 Å². The van der Waals surface area contributed by atoms with E-state index in [4.69, 9.17) is 5.73 Å². The number of benzene rings is 1. The van der Waals surface area contributed by atoms with Crippen molar-refractivity contribution in [2.75, 3.05) is 35.6 Å². The van der Waals surface area contributed by atoms with Gasteiger partial charge in [0.05, 0.1) is 30.5 Å². The lowest BCUT2D eigenvalue weighted by atomic mass is 9.97. The number of fused-ring (bicyclic) bond motifs is 1. The summed E-state index contributed by atoms with van der Waals surface area (Å²) in [6, 6.07) is 7.49. The van der Waals surface area contributed by atoms with Crippen molar-refractivity contribution in [1.29, 1.82) is 0 Å². The minimum atomic E-state index is -0.108. The molecule has 140 valence electrons. The summed E-state index contributed by atoms with van der Waals surface area (Å²) < 4.78 is 0. The number of carbonyl (C=O) groups excluding carboxylic acids is 2. The van der Waals surface area contributed by atoms with Gasteiger partial charge in [0.2, 0.25) is 17.8 Å². The van der Waals surface area contributed by atoms with Gasteiger partial charge in [0.15, 0.2) is 0 Å². The molecule has 3 N–H and O–H groups in total. The highest BCUT2D eigenvalue weighted by atomic mass is 16.2. The molecule has 1 saturated heterocycles. The Morgan fingerprint density at radius 2 is 2.00 bits per heavy atom. The number of rotatable bonds is 3. The number of anilines is 3. The molecule has 0 spiro atoms. The van der Waals surface area contributed by atoms with Gasteiger partial charge in [-0.05, 0) is 31.4 Å². The van der Waals surface area contributed by atoms with Crippen LogP contribution in [0.2, 0.25) is 0 Å². The summed E-state index contributed by atoms with van der Waals surface area (Å²) in [4.78, 5) is 37.0. The van der Waals surface area contributed by atoms with Gasteiger partial charge in [-0.15, -0.1) is 0 Å². The number of nitrogen functional groups attached to an aromatic ring is 1. The van der Waals surface area contributed by atoms with Crippen LogP contribution in [0, 0.1) is 0 Å². The Kier molecular flexibility index (Phi) is 4.62. The third-order valence-corrected chi connectivity index (χ3v) is 5.08. The molecule has 2 aliphatic rings. The molecule has 0 bridgehead atoms. The standard InChI is InChI=1S/C19H22N6O2/c20-19-21-9-13(10-22-19)15-6-3-4-8-25(15)18(27)12-24-11-17(26)23-14-5-1-2-7-16(14)24/h1-2,5,7,9-10,15H,3-4,6,8,11-12H2,(H,23,26)(H2,20,21,22). The largest absolute Gasteiger partial charge is 0.368 e. The zero-order chi connectivity index (χ0) is 18.8. The smallest absolute Gasteiger partial charge is 0.243 e. The highest BCUT2D eigenvalue weighted by Gasteiger charge is 2.31. The lowest BCUT2D eigenvalue weighted by molar-refractivity contribution is -0.133. The maximum Gasteiger partial charge on any atom is 0.243 e. The number of piperidine rings is 1. The highest BCUT2D eigenvalue weighted by Crippen LogP contribution is 2.32. The summed E-state index contributed by atoms with van der Waals surface area (Å²) in [6.07, 6.45) is 6.28. The molecule has 3 heterocycles. The van der Waals surface area contributed by atoms with E-state index in [0.29, 0.717) is 6.54 Å². The van der Waals surface area contributed by atoms with Crippen LogP contribution in [0.1, 0.15) is 30.9 Å². The molecular weight excluding hydrogens is 344 g/mol. The fourth-order valence-corrected chi connectivity index (χ4v) is 3.80. The normalized spacial score (nSPS) is 19.4. The second-order valence-corrected chi connectivity index (χ2v) is 6.89. The van der Waals surface area contributed by atoms with E-state index in [1.807, 2.05) is 34.1 Å². The van der Waals surface area contributed by atoms with Crippen molar-refractivity contribution in [2.24, 2.45) is 0 Å². The van der Waals surface area contributed by atoms with Gasteiger partial charge in [0, 0.05) is 24.5 Å². The molecule has 4 rings (SSSR count). The van der Waals surface area contributed by atoms with Crippen LogP contribution in [-0.2, 0) is 9.59 Å². The van der Waals surface area contributed by atoms with E-state index in [9.17, 15) is 9.59 Å². The predicted octanol–water partition coefficient (Wildman–Crippen LogP) is 1.57. The summed E-state index contributed by atoms with van der Waals surface area (Å²) in [7, 11) is 0. The number of nitrogens with two attached hydrogens (primary N) is 1. The second-order valence-electron chi connectivity index (χ2n) is 6.89. The van der Waals surface area contributed by atoms with Crippen molar-refractivity contribution in [3.8, 4) is 0 Å². The molecule has 1 aromatic heterocycles. The van der Waals surface area contributed by atoms with Gasteiger partial charge in [-0.2, -0.15) is 0 Å². The first-order valence-corrected chi connectivity index (χ1v) is 9.12. The van der Waals surface area contributed by atoms with E-state index in [1.165, 1.54) is 0 Å². The minimum absolute atomic E-state index is 0.000952. The number of amides is 2. The van der Waals surface area contributed by atoms with Crippen LogP contribution in [0.25, 0.3) is 0 Å². The van der Waals surface area contributed by atoms with E-state index < -0.39 is 0 Å². The summed E-state index contributed by atoms with van der Waals surface area (Å²) >= 11 is 0. The third kappa shape index (κ3) is 3.55. The molecule has 0 aliphatic carbocycles. The van der Waals surface area contributed by atoms with Gasteiger partial charge in [-0.1, -0.05) is 12.1 Å². The number of aromatic nitrogens is 2. The van der Waals surface area contributed by atoms with Crippen molar-refractivity contribution in [1.82, 2.24) is 14.9 Å². The van der Waals surface area contributed by atoms with Gasteiger partial charge in [-0.3, -0.25) is 9.59 Å². The molecule has 2 aromatic rings. The lowest BCUT2D eigenvalue weighted by Crippen LogP contribution is -2.47. The van der Waals surface area contributed by atoms with E-state index in [0.717, 1.165) is 36.2 Å². The Hall–Kier alpha value is -3.16. The van der Waals surface area contributed by atoms with Gasteiger partial charge < -0.3 is 20.9 Å². The Morgan fingerprint density at radius 1 is 1.22 bits per heavy atom. The average molecular weight is 366 g/mol. The monoisotopic (exact) mass is 366 g/mol. The van der Waals surface area contributed by atoms with Crippen molar-refractivity contribution < 1.29 is 9.59 Å². The van der Waals surface area contributed by atoms with E-state index in [1.54, 1.807) is 12.4 Å². The Bertz CT molecular complexity index is 854. The second kappa shape index (κ2) is 7.22. The maximum absolute atomic E-state index is 13.1. The first-order valence-electron chi connectivity index (χ1n) is 9.12. The fourth-order valence-electron chi connectivity index (χ4n) is 3.80. The molecule has 1 fully saturated rings. The molecular formula is C19H22N6O2. The van der Waals surface area contributed by atoms with Gasteiger partial charge >= 0.3 is 0 Å². The van der Waals surface area contributed by atoms with Crippen molar-refractivity contribution >= 4 is 29.1 Å². The van der Waals surface area contributed by atoms with Crippen LogP contribution < -0.4 is 16.0 Å². The molecule has 0 saturated carbocycles. The predicted molar refractivity (Wildman–Crippen MR) is 102 cm³/mol. The lowest BCUT2D eigenvalue weighted by Gasteiger charge is -2.38. The SMILES string of the molecule is Nc1ncc(C2CCCCN2C(=O)CN2CC(=O)Nc3ccccc32)cn1. The molecule has 8 heteroatoms. The molecule has 2 amide bonds. The van der Waals surface area contributed by atoms with Gasteiger partial charge in [0.1, 0.15) is 0 Å². The first-order chi connectivity index (χ1) is 13.1. The van der Waals surface area contributed by atoms with Crippen molar-refractivity contribution in [2.45, 2.75) is 25.3 Å². The number of para-hydroxylation sites is 2. The average Bonchev–Trinajstić information content (AvgIpc) is 2.68. The molecule has 1 aromatic carbocycles. The topological polar surface area (TPSA) is 104 Å². The highest BCUT2D eigenvalue weighted by molar-refractivity contribution is 6.02. The summed E-state index contributed by atoms with van der Waals surface area (Å²) in [5.41, 5.74) is 8.09. The van der Waals surface area contributed by atoms with Crippen molar-refractivity contribution in [3.63, 3.8) is 0 Å². The van der Waals surface area contributed by atoms with Gasteiger partial charge in [-0.25, -0.2) is 9.97 Å². The summed E-state index contributed by atoms with van der Waals surface area (Å²) in [5, 5.41) is 2.85. The van der Waals surface area contributed by atoms with Gasteiger partial charge in [0.25, 0.3) is 0 Å². The number of carbonyl (C=O) groups is 2. The van der Waals surface area contributed by atoms with Crippen LogP contribution in [0.5, 0.6) is 0 Å². The Morgan fingerprint density at radius 3 is 2.81 bits per heavy atom. The first kappa shape index (κ1) is 17.3. The molecule has 0 radical (unpaired) electrons. The fraction of sp³-hybridized carbons (Fsp3) is 0.368. The molecule has 8 nitrogen and oxygen atoms in total. The number of nitrogens with zero attached hydrogens (tertiary/aromatic N) is 4. The van der Waals surface area contributed by atoms with Crippen LogP contribution in [0.15, 0.2) is 36.7 Å². The Labute approximate surface area is 157 Å². The van der Waals surface area contributed by atoms with E-state index in [2.05, 4.69) is 15.3 Å². The minimum Gasteiger partial charge on any atom is -0.368 e.